The molecule has 0 spiro atoms. The van der Waals surface area contributed by atoms with E-state index >= 15 is 0 Å². The van der Waals surface area contributed by atoms with Gasteiger partial charge >= 0.3 is 0 Å². The summed E-state index contributed by atoms with van der Waals surface area (Å²) in [6.45, 7) is 4.08. The van der Waals surface area contributed by atoms with Crippen LogP contribution in [0, 0.1) is 6.92 Å². The van der Waals surface area contributed by atoms with Crippen molar-refractivity contribution in [3.63, 3.8) is 0 Å². The van der Waals surface area contributed by atoms with Crippen molar-refractivity contribution < 1.29 is 19.1 Å². The molecule has 0 saturated carbocycles. The van der Waals surface area contributed by atoms with Gasteiger partial charge in [-0.15, -0.1) is 12.4 Å². The van der Waals surface area contributed by atoms with E-state index in [0.29, 0.717) is 35.2 Å². The molecular formula is C18H21ClN2O4. The molecule has 3 rings (SSSR count). The molecule has 0 radical (unpaired) electrons. The van der Waals surface area contributed by atoms with Crippen LogP contribution in [0.2, 0.25) is 0 Å². The van der Waals surface area contributed by atoms with Gasteiger partial charge in [-0.1, -0.05) is 0 Å². The predicted molar refractivity (Wildman–Crippen MR) is 95.8 cm³/mol. The van der Waals surface area contributed by atoms with Crippen molar-refractivity contribution in [1.29, 1.82) is 0 Å². The summed E-state index contributed by atoms with van der Waals surface area (Å²) in [5.41, 5.74) is 1.78. The van der Waals surface area contributed by atoms with E-state index in [0.717, 1.165) is 0 Å². The molecule has 0 aliphatic heterocycles. The molecule has 25 heavy (non-hydrogen) atoms. The molecule has 0 aromatic carbocycles. The van der Waals surface area contributed by atoms with E-state index in [-0.39, 0.29) is 37.1 Å². The smallest absolute Gasteiger partial charge is 0.182 e. The van der Waals surface area contributed by atoms with Gasteiger partial charge < -0.3 is 14.3 Å². The first kappa shape index (κ1) is 19.0. The zero-order chi connectivity index (χ0) is 17.1. The maximum absolute atomic E-state index is 12.8. The summed E-state index contributed by atoms with van der Waals surface area (Å²) >= 11 is 0. The van der Waals surface area contributed by atoms with Crippen molar-refractivity contribution in [2.24, 2.45) is 0 Å². The number of imidazole rings is 1. The average molecular weight is 365 g/mol. The lowest BCUT2D eigenvalue weighted by Gasteiger charge is -2.11. The molecule has 7 heteroatoms. The van der Waals surface area contributed by atoms with Gasteiger partial charge in [0.25, 0.3) is 0 Å². The fourth-order valence-corrected chi connectivity index (χ4v) is 2.86. The highest BCUT2D eigenvalue weighted by Gasteiger charge is 2.24. The number of aromatic nitrogens is 2. The Balaban J connectivity index is 0.00000225. The third-order valence-corrected chi connectivity index (χ3v) is 3.95. The Hall–Kier alpha value is -2.31. The molecule has 3 aromatic rings. The lowest BCUT2D eigenvalue weighted by atomic mass is 9.98. The third-order valence-electron chi connectivity index (χ3n) is 3.95. The molecule has 1 N–H and O–H groups in total. The molecule has 6 nitrogen and oxygen atoms in total. The molecule has 0 aliphatic carbocycles. The number of carbonyl (C=O) groups excluding carboxylic acids is 1. The van der Waals surface area contributed by atoms with Crippen molar-refractivity contribution in [3.8, 4) is 5.75 Å². The van der Waals surface area contributed by atoms with Crippen LogP contribution >= 0.6 is 12.4 Å². The average Bonchev–Trinajstić information content (AvgIpc) is 3.20. The Bertz CT molecular complexity index is 842. The van der Waals surface area contributed by atoms with E-state index in [1.54, 1.807) is 29.7 Å². The highest BCUT2D eigenvalue weighted by atomic mass is 35.5. The predicted octanol–water partition coefficient (Wildman–Crippen LogP) is 3.41. The number of nitrogens with zero attached hydrogens (tertiary/aromatic N) is 2. The lowest BCUT2D eigenvalue weighted by molar-refractivity contribution is 0.0948. The summed E-state index contributed by atoms with van der Waals surface area (Å²) in [5.74, 6) is 0.788. The lowest BCUT2D eigenvalue weighted by Crippen LogP contribution is -2.13. The number of hydrogen-bond donors (Lipinski definition) is 1. The van der Waals surface area contributed by atoms with Crippen LogP contribution in [0.4, 0.5) is 0 Å². The second-order valence-electron chi connectivity index (χ2n) is 5.57. The number of carbonyl (C=O) groups is 1. The number of rotatable bonds is 7. The van der Waals surface area contributed by atoms with E-state index in [1.165, 1.54) is 6.26 Å². The van der Waals surface area contributed by atoms with E-state index in [4.69, 9.17) is 9.15 Å². The fraction of sp³-hybridized carbons (Fsp3) is 0.333. The van der Waals surface area contributed by atoms with Gasteiger partial charge in [-0.05, 0) is 38.1 Å². The van der Waals surface area contributed by atoms with Gasteiger partial charge in [0, 0.05) is 18.5 Å². The molecule has 3 aromatic heterocycles. The fourth-order valence-electron chi connectivity index (χ4n) is 2.86. The van der Waals surface area contributed by atoms with E-state index < -0.39 is 0 Å². The number of ether oxygens (including phenoxy) is 1. The van der Waals surface area contributed by atoms with Crippen LogP contribution in [0.5, 0.6) is 5.75 Å². The quantitative estimate of drug-likeness (QED) is 0.650. The molecular weight excluding hydrogens is 344 g/mol. The second kappa shape index (κ2) is 8.18. The van der Waals surface area contributed by atoms with Crippen LogP contribution in [-0.2, 0) is 0 Å². The first-order valence-corrected chi connectivity index (χ1v) is 7.93. The van der Waals surface area contributed by atoms with Crippen molar-refractivity contribution in [3.05, 3.63) is 53.9 Å². The second-order valence-corrected chi connectivity index (χ2v) is 5.57. The Morgan fingerprint density at radius 2 is 2.20 bits per heavy atom. The normalized spacial score (nSPS) is 12.0. The van der Waals surface area contributed by atoms with Gasteiger partial charge in [-0.25, -0.2) is 4.98 Å². The van der Waals surface area contributed by atoms with Crippen LogP contribution in [0.25, 0.3) is 5.65 Å². The van der Waals surface area contributed by atoms with Crippen LogP contribution in [-0.4, -0.2) is 33.5 Å². The minimum atomic E-state index is -0.368. The maximum atomic E-state index is 12.8. The van der Waals surface area contributed by atoms with Crippen molar-refractivity contribution >= 4 is 23.8 Å². The zero-order valence-electron chi connectivity index (χ0n) is 14.1. The number of aliphatic hydroxyl groups is 1. The minimum Gasteiger partial charge on any atom is -0.490 e. The SMILES string of the molecule is CCOc1cccn2c(C(=O)C[C@@H](CO)c3ccco3)c(C)nc12.Cl. The van der Waals surface area contributed by atoms with E-state index in [9.17, 15) is 9.90 Å². The van der Waals surface area contributed by atoms with Crippen molar-refractivity contribution in [2.75, 3.05) is 13.2 Å². The van der Waals surface area contributed by atoms with E-state index in [2.05, 4.69) is 4.98 Å². The zero-order valence-corrected chi connectivity index (χ0v) is 15.0. The summed E-state index contributed by atoms with van der Waals surface area (Å²) in [6.07, 6.45) is 3.49. The van der Waals surface area contributed by atoms with Gasteiger partial charge in [0.2, 0.25) is 0 Å². The summed E-state index contributed by atoms with van der Waals surface area (Å²) < 4.78 is 12.6. The Morgan fingerprint density at radius 3 is 2.84 bits per heavy atom. The standard InChI is InChI=1S/C18H20N2O4.ClH/c1-3-23-16-6-4-8-20-17(12(2)19-18(16)20)14(22)10-13(11-21)15-7-5-9-24-15;/h4-9,13,21H,3,10-11H2,1-2H3;1H/t13-;/m0./s1. The largest absolute Gasteiger partial charge is 0.490 e. The third kappa shape index (κ3) is 3.70. The summed E-state index contributed by atoms with van der Waals surface area (Å²) in [6, 6.07) is 7.17. The molecule has 0 amide bonds. The van der Waals surface area contributed by atoms with Gasteiger partial charge in [0.15, 0.2) is 17.2 Å². The van der Waals surface area contributed by atoms with E-state index in [1.807, 2.05) is 19.1 Å². The topological polar surface area (TPSA) is 77.0 Å². The number of hydrogen-bond acceptors (Lipinski definition) is 5. The van der Waals surface area contributed by atoms with Crippen molar-refractivity contribution in [2.45, 2.75) is 26.2 Å². The summed E-state index contributed by atoms with van der Waals surface area (Å²) in [5, 5.41) is 9.59. The van der Waals surface area contributed by atoms with Crippen LogP contribution < -0.4 is 4.74 Å². The highest BCUT2D eigenvalue weighted by molar-refractivity contribution is 5.97. The number of halogens is 1. The molecule has 0 unspecified atom stereocenters. The summed E-state index contributed by atoms with van der Waals surface area (Å²) in [4.78, 5) is 17.3. The molecule has 3 heterocycles. The first-order valence-electron chi connectivity index (χ1n) is 7.93. The number of ketones is 1. The Morgan fingerprint density at radius 1 is 1.40 bits per heavy atom. The molecule has 0 aliphatic rings. The van der Waals surface area contributed by atoms with Gasteiger partial charge in [0.1, 0.15) is 11.5 Å². The number of Topliss-reactive ketones (excluding diaryl/α,β-unsaturated/α-hetero) is 1. The highest BCUT2D eigenvalue weighted by Crippen LogP contribution is 2.26. The van der Waals surface area contributed by atoms with Crippen molar-refractivity contribution in [1.82, 2.24) is 9.38 Å². The number of pyridine rings is 1. The van der Waals surface area contributed by atoms with Gasteiger partial charge in [-0.2, -0.15) is 0 Å². The Labute approximate surface area is 151 Å². The number of furan rings is 1. The number of aliphatic hydroxyl groups excluding tert-OH is 1. The minimum absolute atomic E-state index is 0. The summed E-state index contributed by atoms with van der Waals surface area (Å²) in [7, 11) is 0. The molecule has 0 fully saturated rings. The maximum Gasteiger partial charge on any atom is 0.182 e. The van der Waals surface area contributed by atoms with Crippen LogP contribution in [0.3, 0.4) is 0 Å². The van der Waals surface area contributed by atoms with Crippen LogP contribution in [0.1, 0.15) is 41.2 Å². The monoisotopic (exact) mass is 364 g/mol. The number of aryl methyl sites for hydroxylation is 1. The van der Waals surface area contributed by atoms with Crippen LogP contribution in [0.15, 0.2) is 41.1 Å². The molecule has 0 saturated heterocycles. The molecule has 1 atom stereocenters. The number of fused-ring (bicyclic) bond motifs is 1. The molecule has 0 bridgehead atoms. The first-order chi connectivity index (χ1) is 11.7. The Kier molecular flexibility index (Phi) is 6.22. The van der Waals surface area contributed by atoms with Gasteiger partial charge in [-0.3, -0.25) is 9.20 Å². The van der Waals surface area contributed by atoms with Gasteiger partial charge in [0.05, 0.1) is 25.2 Å². The molecule has 134 valence electrons.